The predicted molar refractivity (Wildman–Crippen MR) is 62.5 cm³/mol. The molecule has 1 aliphatic heterocycles. The fourth-order valence-electron chi connectivity index (χ4n) is 2.01. The van der Waals surface area contributed by atoms with E-state index in [1.165, 1.54) is 7.11 Å². The number of H-pyrrole nitrogens is 1. The zero-order valence-corrected chi connectivity index (χ0v) is 9.77. The number of anilines is 1. The van der Waals surface area contributed by atoms with Crippen molar-refractivity contribution in [3.05, 3.63) is 11.8 Å². The summed E-state index contributed by atoms with van der Waals surface area (Å²) < 4.78 is 4.71. The van der Waals surface area contributed by atoms with Gasteiger partial charge in [0.05, 0.1) is 7.11 Å². The van der Waals surface area contributed by atoms with Crippen LogP contribution >= 0.6 is 0 Å². The molecule has 1 saturated heterocycles. The van der Waals surface area contributed by atoms with Gasteiger partial charge in [0, 0.05) is 43.9 Å². The van der Waals surface area contributed by atoms with E-state index in [0.717, 1.165) is 18.7 Å². The van der Waals surface area contributed by atoms with E-state index in [2.05, 4.69) is 15.5 Å². The molecule has 4 N–H and O–H groups in total. The van der Waals surface area contributed by atoms with E-state index in [1.54, 1.807) is 11.0 Å². The van der Waals surface area contributed by atoms with Crippen LogP contribution in [-0.4, -0.2) is 54.0 Å². The van der Waals surface area contributed by atoms with Gasteiger partial charge in [-0.15, -0.1) is 0 Å². The van der Waals surface area contributed by atoms with Crippen LogP contribution in [-0.2, 0) is 11.2 Å². The Morgan fingerprint density at radius 1 is 1.76 bits per heavy atom. The number of piperazine rings is 1. The van der Waals surface area contributed by atoms with E-state index >= 15 is 0 Å². The Morgan fingerprint density at radius 3 is 3.24 bits per heavy atom. The van der Waals surface area contributed by atoms with Crippen molar-refractivity contribution >= 4 is 11.9 Å². The normalized spacial score (nSPS) is 20.3. The minimum atomic E-state index is -0.277. The molecule has 1 amide bonds. The number of carbonyl (C=O) groups is 1. The highest BCUT2D eigenvalue weighted by Gasteiger charge is 2.24. The minimum Gasteiger partial charge on any atom is -0.453 e. The number of methoxy groups -OCH3 is 1. The molecule has 7 nitrogen and oxygen atoms in total. The second kappa shape index (κ2) is 5.05. The van der Waals surface area contributed by atoms with E-state index in [4.69, 9.17) is 10.5 Å². The number of amides is 1. The number of ether oxygens (including phenoxy) is 1. The van der Waals surface area contributed by atoms with Gasteiger partial charge >= 0.3 is 6.09 Å². The molecule has 2 rings (SSSR count). The second-order valence-electron chi connectivity index (χ2n) is 4.09. The first-order chi connectivity index (χ1) is 8.19. The Labute approximate surface area is 99.3 Å². The SMILES string of the molecule is COC(=O)N1CCNC(Cc2cc(N)n[nH]2)C1. The largest absolute Gasteiger partial charge is 0.453 e. The predicted octanol–water partition coefficient (Wildman–Crippen LogP) is -0.425. The summed E-state index contributed by atoms with van der Waals surface area (Å²) in [4.78, 5) is 13.1. The Morgan fingerprint density at radius 2 is 2.59 bits per heavy atom. The first-order valence-corrected chi connectivity index (χ1v) is 5.55. The number of aromatic nitrogens is 2. The average molecular weight is 239 g/mol. The molecule has 94 valence electrons. The van der Waals surface area contributed by atoms with Crippen LogP contribution < -0.4 is 11.1 Å². The third-order valence-corrected chi connectivity index (χ3v) is 2.81. The fraction of sp³-hybridized carbons (Fsp3) is 0.600. The lowest BCUT2D eigenvalue weighted by atomic mass is 10.1. The molecule has 0 aromatic carbocycles. The summed E-state index contributed by atoms with van der Waals surface area (Å²) in [5, 5.41) is 10.1. The maximum absolute atomic E-state index is 11.4. The molecule has 1 aromatic rings. The van der Waals surface area contributed by atoms with Crippen LogP contribution in [0.2, 0.25) is 0 Å². The molecule has 0 aliphatic carbocycles. The van der Waals surface area contributed by atoms with Gasteiger partial charge in [-0.05, 0) is 0 Å². The molecule has 1 aromatic heterocycles. The number of nitrogens with zero attached hydrogens (tertiary/aromatic N) is 2. The molecule has 1 fully saturated rings. The summed E-state index contributed by atoms with van der Waals surface area (Å²) >= 11 is 0. The molecule has 1 unspecified atom stereocenters. The second-order valence-corrected chi connectivity index (χ2v) is 4.09. The Hall–Kier alpha value is -1.76. The summed E-state index contributed by atoms with van der Waals surface area (Å²) in [6.45, 7) is 2.07. The number of nitrogens with one attached hydrogen (secondary N) is 2. The van der Waals surface area contributed by atoms with E-state index in [-0.39, 0.29) is 12.1 Å². The first kappa shape index (κ1) is 11.7. The highest BCUT2D eigenvalue weighted by molar-refractivity contribution is 5.67. The van der Waals surface area contributed by atoms with E-state index in [1.807, 2.05) is 0 Å². The summed E-state index contributed by atoms with van der Waals surface area (Å²) in [5.41, 5.74) is 6.50. The van der Waals surface area contributed by atoms with Crippen LogP contribution in [0, 0.1) is 0 Å². The van der Waals surface area contributed by atoms with Crippen LogP contribution in [0.5, 0.6) is 0 Å². The lowest BCUT2D eigenvalue weighted by Gasteiger charge is -2.32. The zero-order valence-electron chi connectivity index (χ0n) is 9.77. The Balaban J connectivity index is 1.91. The Bertz CT molecular complexity index is 392. The quantitative estimate of drug-likeness (QED) is 0.651. The van der Waals surface area contributed by atoms with Gasteiger partial charge in [-0.3, -0.25) is 5.10 Å². The van der Waals surface area contributed by atoms with E-state index in [0.29, 0.717) is 18.9 Å². The fourth-order valence-corrected chi connectivity index (χ4v) is 2.01. The maximum atomic E-state index is 11.4. The van der Waals surface area contributed by atoms with Gasteiger partial charge in [0.25, 0.3) is 0 Å². The number of hydrogen-bond acceptors (Lipinski definition) is 5. The molecule has 17 heavy (non-hydrogen) atoms. The maximum Gasteiger partial charge on any atom is 0.409 e. The lowest BCUT2D eigenvalue weighted by Crippen LogP contribution is -2.53. The smallest absolute Gasteiger partial charge is 0.409 e. The molecule has 1 aliphatic rings. The topological polar surface area (TPSA) is 96.3 Å². The third kappa shape index (κ3) is 2.88. The Kier molecular flexibility index (Phi) is 3.48. The van der Waals surface area contributed by atoms with Gasteiger partial charge < -0.3 is 20.7 Å². The molecule has 7 heteroatoms. The molecule has 1 atom stereocenters. The molecule has 0 radical (unpaired) electrons. The number of carbonyl (C=O) groups excluding carboxylic acids is 1. The van der Waals surface area contributed by atoms with Gasteiger partial charge in [0.15, 0.2) is 0 Å². The van der Waals surface area contributed by atoms with Crippen molar-refractivity contribution < 1.29 is 9.53 Å². The molecular formula is C10H17N5O2. The molecule has 2 heterocycles. The summed E-state index contributed by atoms with van der Waals surface area (Å²) in [5.74, 6) is 0.487. The number of rotatable bonds is 2. The van der Waals surface area contributed by atoms with Crippen molar-refractivity contribution in [2.75, 3.05) is 32.5 Å². The molecular weight excluding hydrogens is 222 g/mol. The van der Waals surface area contributed by atoms with E-state index in [9.17, 15) is 4.79 Å². The van der Waals surface area contributed by atoms with Crippen LogP contribution in [0.15, 0.2) is 6.07 Å². The van der Waals surface area contributed by atoms with Crippen LogP contribution in [0.4, 0.5) is 10.6 Å². The highest BCUT2D eigenvalue weighted by Crippen LogP contribution is 2.08. The van der Waals surface area contributed by atoms with Crippen molar-refractivity contribution in [3.63, 3.8) is 0 Å². The molecule has 0 saturated carbocycles. The zero-order chi connectivity index (χ0) is 12.3. The van der Waals surface area contributed by atoms with Crippen molar-refractivity contribution in [3.8, 4) is 0 Å². The van der Waals surface area contributed by atoms with Gasteiger partial charge in [0.2, 0.25) is 0 Å². The van der Waals surface area contributed by atoms with Crippen LogP contribution in [0.3, 0.4) is 0 Å². The third-order valence-electron chi connectivity index (χ3n) is 2.81. The monoisotopic (exact) mass is 239 g/mol. The number of aromatic amines is 1. The molecule has 0 bridgehead atoms. The van der Waals surface area contributed by atoms with Gasteiger partial charge in [-0.1, -0.05) is 0 Å². The van der Waals surface area contributed by atoms with Crippen molar-refractivity contribution in [2.45, 2.75) is 12.5 Å². The standard InChI is InChI=1S/C10H17N5O2/c1-17-10(16)15-3-2-12-8(6-15)4-7-5-9(11)14-13-7/h5,8,12H,2-4,6H2,1H3,(H3,11,13,14). The number of nitrogens with two attached hydrogens (primary N) is 1. The summed E-state index contributed by atoms with van der Waals surface area (Å²) in [6, 6.07) is 2.00. The van der Waals surface area contributed by atoms with Crippen LogP contribution in [0.1, 0.15) is 5.69 Å². The first-order valence-electron chi connectivity index (χ1n) is 5.55. The average Bonchev–Trinajstić information content (AvgIpc) is 2.74. The van der Waals surface area contributed by atoms with E-state index < -0.39 is 0 Å². The van der Waals surface area contributed by atoms with Crippen molar-refractivity contribution in [1.82, 2.24) is 20.4 Å². The minimum absolute atomic E-state index is 0.197. The lowest BCUT2D eigenvalue weighted by molar-refractivity contribution is 0.109. The summed E-state index contributed by atoms with van der Waals surface area (Å²) in [6.07, 6.45) is 0.484. The van der Waals surface area contributed by atoms with Crippen molar-refractivity contribution in [1.29, 1.82) is 0 Å². The van der Waals surface area contributed by atoms with Gasteiger partial charge in [-0.25, -0.2) is 4.79 Å². The number of hydrogen-bond donors (Lipinski definition) is 3. The number of nitrogen functional groups attached to an aromatic ring is 1. The molecule has 0 spiro atoms. The van der Waals surface area contributed by atoms with Gasteiger partial charge in [0.1, 0.15) is 5.82 Å². The van der Waals surface area contributed by atoms with Crippen LogP contribution in [0.25, 0.3) is 0 Å². The van der Waals surface area contributed by atoms with Crippen molar-refractivity contribution in [2.24, 2.45) is 0 Å². The summed E-state index contributed by atoms with van der Waals surface area (Å²) in [7, 11) is 1.40. The van der Waals surface area contributed by atoms with Gasteiger partial charge in [-0.2, -0.15) is 5.10 Å². The highest BCUT2D eigenvalue weighted by atomic mass is 16.5.